The van der Waals surface area contributed by atoms with Gasteiger partial charge >= 0.3 is 6.18 Å². The molecule has 2 rings (SSSR count). The maximum atomic E-state index is 12.9. The zero-order valence-electron chi connectivity index (χ0n) is 14.4. The lowest BCUT2D eigenvalue weighted by Gasteiger charge is -2.30. The Labute approximate surface area is 150 Å². The molecule has 0 radical (unpaired) electrons. The molecule has 2 N–H and O–H groups in total. The Morgan fingerprint density at radius 3 is 2.54 bits per heavy atom. The number of ether oxygens (including phenoxy) is 1. The van der Waals surface area contributed by atoms with Gasteiger partial charge in [-0.2, -0.15) is 13.2 Å². The smallest absolute Gasteiger partial charge is 0.391 e. The highest BCUT2D eigenvalue weighted by Gasteiger charge is 2.42. The number of methoxy groups -OCH3 is 1. The number of hydrogen-bond donors (Lipinski definition) is 2. The van der Waals surface area contributed by atoms with Crippen LogP contribution in [0, 0.1) is 5.92 Å². The molecular weight excluding hydrogens is 373 g/mol. The third-order valence-electron chi connectivity index (χ3n) is 4.25. The van der Waals surface area contributed by atoms with Crippen LogP contribution in [0.5, 0.6) is 5.75 Å². The lowest BCUT2D eigenvalue weighted by atomic mass is 9.86. The Morgan fingerprint density at radius 1 is 1.27 bits per heavy atom. The van der Waals surface area contributed by atoms with E-state index in [2.05, 4.69) is 10.0 Å². The first-order valence-corrected chi connectivity index (χ1v) is 9.56. The van der Waals surface area contributed by atoms with Crippen molar-refractivity contribution in [3.05, 3.63) is 18.2 Å². The highest BCUT2D eigenvalue weighted by atomic mass is 32.2. The van der Waals surface area contributed by atoms with Gasteiger partial charge in [0.25, 0.3) is 0 Å². The quantitative estimate of drug-likeness (QED) is 0.804. The number of rotatable bonds is 5. The third kappa shape index (κ3) is 5.10. The monoisotopic (exact) mass is 394 g/mol. The third-order valence-corrected chi connectivity index (χ3v) is 5.77. The van der Waals surface area contributed by atoms with E-state index in [0.29, 0.717) is 12.8 Å². The number of halogens is 3. The van der Waals surface area contributed by atoms with E-state index in [1.807, 2.05) is 0 Å². The second-order valence-electron chi connectivity index (χ2n) is 6.27. The van der Waals surface area contributed by atoms with E-state index in [1.54, 1.807) is 0 Å². The molecule has 6 nitrogen and oxygen atoms in total. The van der Waals surface area contributed by atoms with Crippen LogP contribution in [-0.2, 0) is 14.8 Å². The zero-order valence-corrected chi connectivity index (χ0v) is 15.2. The van der Waals surface area contributed by atoms with Crippen molar-refractivity contribution in [1.29, 1.82) is 0 Å². The van der Waals surface area contributed by atoms with Crippen LogP contribution in [0.25, 0.3) is 0 Å². The van der Waals surface area contributed by atoms with Crippen molar-refractivity contribution < 1.29 is 31.1 Å². The molecule has 0 saturated heterocycles. The van der Waals surface area contributed by atoms with Gasteiger partial charge in [0.05, 0.1) is 23.6 Å². The molecule has 26 heavy (non-hydrogen) atoms. The summed E-state index contributed by atoms with van der Waals surface area (Å²) >= 11 is 0. The average Bonchev–Trinajstić information content (AvgIpc) is 2.53. The molecule has 0 heterocycles. The summed E-state index contributed by atoms with van der Waals surface area (Å²) in [5.74, 6) is -1.64. The lowest BCUT2D eigenvalue weighted by molar-refractivity contribution is -0.183. The Kier molecular flexibility index (Phi) is 6.17. The minimum Gasteiger partial charge on any atom is -0.495 e. The molecule has 0 spiro atoms. The molecule has 0 aromatic heterocycles. The van der Waals surface area contributed by atoms with Crippen molar-refractivity contribution in [2.45, 2.75) is 49.7 Å². The topological polar surface area (TPSA) is 84.5 Å². The molecule has 1 amide bonds. The first-order chi connectivity index (χ1) is 12.0. The average molecular weight is 394 g/mol. The van der Waals surface area contributed by atoms with E-state index in [0.717, 1.165) is 0 Å². The summed E-state index contributed by atoms with van der Waals surface area (Å²) in [6.07, 6.45) is -3.95. The molecule has 0 aliphatic heterocycles. The first-order valence-electron chi connectivity index (χ1n) is 8.07. The van der Waals surface area contributed by atoms with Crippen molar-refractivity contribution in [2.24, 2.45) is 5.92 Å². The van der Waals surface area contributed by atoms with Crippen LogP contribution >= 0.6 is 0 Å². The van der Waals surface area contributed by atoms with Gasteiger partial charge < -0.3 is 10.1 Å². The van der Waals surface area contributed by atoms with Crippen molar-refractivity contribution in [1.82, 2.24) is 4.72 Å². The van der Waals surface area contributed by atoms with Crippen molar-refractivity contribution in [3.63, 3.8) is 0 Å². The number of amides is 1. The predicted molar refractivity (Wildman–Crippen MR) is 89.4 cm³/mol. The Morgan fingerprint density at radius 2 is 1.96 bits per heavy atom. The fourth-order valence-electron chi connectivity index (χ4n) is 3.02. The van der Waals surface area contributed by atoms with Gasteiger partial charge in [-0.25, -0.2) is 13.1 Å². The van der Waals surface area contributed by atoms with Crippen molar-refractivity contribution in [3.8, 4) is 5.75 Å². The molecule has 10 heteroatoms. The number of nitrogens with one attached hydrogen (secondary N) is 2. The molecule has 1 aliphatic rings. The summed E-state index contributed by atoms with van der Waals surface area (Å²) in [6.45, 7) is 1.26. The zero-order chi connectivity index (χ0) is 19.5. The van der Waals surface area contributed by atoms with Crippen LogP contribution in [0.4, 0.5) is 18.9 Å². The van der Waals surface area contributed by atoms with Crippen LogP contribution < -0.4 is 14.8 Å². The Bertz CT molecular complexity index is 765. The Hall–Kier alpha value is -1.81. The maximum Gasteiger partial charge on any atom is 0.391 e. The first kappa shape index (κ1) is 20.5. The molecule has 1 saturated carbocycles. The van der Waals surface area contributed by atoms with E-state index in [9.17, 15) is 26.4 Å². The minimum atomic E-state index is -4.33. The van der Waals surface area contributed by atoms with Crippen molar-refractivity contribution >= 4 is 21.6 Å². The maximum absolute atomic E-state index is 12.9. The van der Waals surface area contributed by atoms with Crippen LogP contribution in [0.2, 0.25) is 0 Å². The lowest BCUT2D eigenvalue weighted by Crippen LogP contribution is -2.41. The SMILES string of the molecule is COc1ccc(S(=O)(=O)N[C@@H]2CCC[C@H](C(F)(F)F)C2)cc1NC(C)=O. The predicted octanol–water partition coefficient (Wildman–Crippen LogP) is 3.05. The van der Waals surface area contributed by atoms with Crippen molar-refractivity contribution in [2.75, 3.05) is 12.4 Å². The largest absolute Gasteiger partial charge is 0.495 e. The molecule has 0 bridgehead atoms. The van der Waals surface area contributed by atoms with Gasteiger partial charge in [-0.05, 0) is 37.5 Å². The normalized spacial score (nSPS) is 21.3. The highest BCUT2D eigenvalue weighted by Crippen LogP contribution is 2.38. The summed E-state index contributed by atoms with van der Waals surface area (Å²) < 4.78 is 71.2. The fraction of sp³-hybridized carbons (Fsp3) is 0.562. The van der Waals surface area contributed by atoms with Gasteiger partial charge in [-0.1, -0.05) is 6.42 Å². The van der Waals surface area contributed by atoms with Gasteiger partial charge in [0.1, 0.15) is 5.75 Å². The minimum absolute atomic E-state index is 0.0109. The second-order valence-corrected chi connectivity index (χ2v) is 7.98. The molecule has 2 atom stereocenters. The number of benzene rings is 1. The van der Waals surface area contributed by atoms with Gasteiger partial charge in [-0.15, -0.1) is 0 Å². The standard InChI is InChI=1S/C16H21F3N2O4S/c1-10(22)20-14-9-13(6-7-15(14)25-2)26(23,24)21-12-5-3-4-11(8-12)16(17,18)19/h6-7,9,11-12,21H,3-5,8H2,1-2H3,(H,20,22)/t11-,12+/m0/s1. The number of hydrogen-bond acceptors (Lipinski definition) is 4. The fourth-order valence-corrected chi connectivity index (χ4v) is 4.33. The second kappa shape index (κ2) is 7.83. The van der Waals surface area contributed by atoms with E-state index in [-0.39, 0.29) is 29.2 Å². The van der Waals surface area contributed by atoms with E-state index in [4.69, 9.17) is 4.74 Å². The molecule has 146 valence electrons. The number of sulfonamides is 1. The summed E-state index contributed by atoms with van der Waals surface area (Å²) in [7, 11) is -2.67. The molecule has 0 unspecified atom stereocenters. The number of carbonyl (C=O) groups is 1. The Balaban J connectivity index is 2.20. The van der Waals surface area contributed by atoms with Gasteiger partial charge in [0.2, 0.25) is 15.9 Å². The number of anilines is 1. The van der Waals surface area contributed by atoms with E-state index < -0.39 is 34.1 Å². The molecular formula is C16H21F3N2O4S. The van der Waals surface area contributed by atoms with Gasteiger partial charge in [0, 0.05) is 13.0 Å². The van der Waals surface area contributed by atoms with Crippen LogP contribution in [0.3, 0.4) is 0 Å². The summed E-state index contributed by atoms with van der Waals surface area (Å²) in [5.41, 5.74) is 0.166. The van der Waals surface area contributed by atoms with E-state index >= 15 is 0 Å². The molecule has 1 fully saturated rings. The summed E-state index contributed by atoms with van der Waals surface area (Å²) in [6, 6.07) is 3.08. The molecule has 1 aromatic rings. The van der Waals surface area contributed by atoms with Crippen LogP contribution in [0.15, 0.2) is 23.1 Å². The van der Waals surface area contributed by atoms with Gasteiger partial charge in [0.15, 0.2) is 0 Å². The number of alkyl halides is 3. The summed E-state index contributed by atoms with van der Waals surface area (Å²) in [5, 5.41) is 2.46. The number of carbonyl (C=O) groups excluding carboxylic acids is 1. The molecule has 1 aliphatic carbocycles. The van der Waals surface area contributed by atoms with E-state index in [1.165, 1.54) is 32.2 Å². The summed E-state index contributed by atoms with van der Waals surface area (Å²) in [4.78, 5) is 11.1. The van der Waals surface area contributed by atoms with Gasteiger partial charge in [-0.3, -0.25) is 4.79 Å². The molecule has 1 aromatic carbocycles. The highest BCUT2D eigenvalue weighted by molar-refractivity contribution is 7.89. The van der Waals surface area contributed by atoms with Crippen LogP contribution in [-0.4, -0.2) is 33.7 Å². The van der Waals surface area contributed by atoms with Crippen LogP contribution in [0.1, 0.15) is 32.6 Å².